The first-order valence-electron chi connectivity index (χ1n) is 5.82. The van der Waals surface area contributed by atoms with Crippen molar-refractivity contribution in [3.63, 3.8) is 0 Å². The summed E-state index contributed by atoms with van der Waals surface area (Å²) in [5.74, 6) is 0.376. The summed E-state index contributed by atoms with van der Waals surface area (Å²) in [6.07, 6.45) is 0. The molecule has 1 aromatic rings. The zero-order valence-corrected chi connectivity index (χ0v) is 11.9. The summed E-state index contributed by atoms with van der Waals surface area (Å²) in [5.41, 5.74) is 0.670. The molecular formula is C13H19BrFNO. The van der Waals surface area contributed by atoms with E-state index >= 15 is 0 Å². The summed E-state index contributed by atoms with van der Waals surface area (Å²) in [4.78, 5) is 0. The third-order valence-corrected chi connectivity index (χ3v) is 2.69. The van der Waals surface area contributed by atoms with Crippen molar-refractivity contribution in [1.82, 2.24) is 5.32 Å². The maximum atomic E-state index is 13.4. The van der Waals surface area contributed by atoms with Gasteiger partial charge in [-0.2, -0.15) is 0 Å². The number of halogens is 2. The highest BCUT2D eigenvalue weighted by Crippen LogP contribution is 2.15. The second kappa shape index (κ2) is 7.80. The lowest BCUT2D eigenvalue weighted by Crippen LogP contribution is -2.20. The van der Waals surface area contributed by atoms with Gasteiger partial charge in [0.05, 0.1) is 6.61 Å². The fourth-order valence-electron chi connectivity index (χ4n) is 1.37. The average Bonchev–Trinajstić information content (AvgIpc) is 2.27. The van der Waals surface area contributed by atoms with E-state index in [1.807, 2.05) is 0 Å². The predicted molar refractivity (Wildman–Crippen MR) is 71.5 cm³/mol. The Balaban J connectivity index is 2.20. The fourth-order valence-corrected chi connectivity index (χ4v) is 1.77. The topological polar surface area (TPSA) is 21.3 Å². The van der Waals surface area contributed by atoms with Gasteiger partial charge in [-0.05, 0) is 24.1 Å². The molecule has 0 aromatic heterocycles. The summed E-state index contributed by atoms with van der Waals surface area (Å²) >= 11 is 3.33. The van der Waals surface area contributed by atoms with Crippen LogP contribution in [0.1, 0.15) is 19.4 Å². The van der Waals surface area contributed by atoms with Crippen molar-refractivity contribution in [2.24, 2.45) is 5.92 Å². The molecule has 0 radical (unpaired) electrons. The lowest BCUT2D eigenvalue weighted by atomic mass is 10.2. The molecule has 0 amide bonds. The van der Waals surface area contributed by atoms with Crippen LogP contribution < -0.4 is 5.32 Å². The van der Waals surface area contributed by atoms with Crippen LogP contribution in [0.25, 0.3) is 0 Å². The van der Waals surface area contributed by atoms with Gasteiger partial charge < -0.3 is 10.1 Å². The molecule has 0 saturated heterocycles. The highest BCUT2D eigenvalue weighted by Gasteiger charge is 2.02. The van der Waals surface area contributed by atoms with Crippen molar-refractivity contribution >= 4 is 15.9 Å². The van der Waals surface area contributed by atoms with Gasteiger partial charge in [-0.15, -0.1) is 0 Å². The number of rotatable bonds is 7. The number of hydrogen-bond donors (Lipinski definition) is 1. The molecule has 0 atom stereocenters. The summed E-state index contributed by atoms with van der Waals surface area (Å²) in [7, 11) is 0. The average molecular weight is 304 g/mol. The Bertz CT molecular complexity index is 344. The molecular weight excluding hydrogens is 285 g/mol. The predicted octanol–water partition coefficient (Wildman–Crippen LogP) is 3.35. The standard InChI is InChI=1S/C13H19BrFNO/c1-10(2)9-17-6-5-16-8-11-7-12(14)3-4-13(11)15/h3-4,7,10,16H,5-6,8-9H2,1-2H3. The molecule has 17 heavy (non-hydrogen) atoms. The molecule has 0 saturated carbocycles. The Hall–Kier alpha value is -0.450. The molecule has 2 nitrogen and oxygen atoms in total. The van der Waals surface area contributed by atoms with Crippen LogP contribution in [0.3, 0.4) is 0 Å². The van der Waals surface area contributed by atoms with Crippen molar-refractivity contribution in [2.45, 2.75) is 20.4 Å². The second-order valence-electron chi connectivity index (χ2n) is 4.38. The van der Waals surface area contributed by atoms with Gasteiger partial charge >= 0.3 is 0 Å². The van der Waals surface area contributed by atoms with Crippen LogP contribution in [-0.4, -0.2) is 19.8 Å². The summed E-state index contributed by atoms with van der Waals surface area (Å²) in [6, 6.07) is 4.96. The van der Waals surface area contributed by atoms with Gasteiger partial charge in [0.15, 0.2) is 0 Å². The van der Waals surface area contributed by atoms with Crippen LogP contribution >= 0.6 is 15.9 Å². The summed E-state index contributed by atoms with van der Waals surface area (Å²) in [6.45, 7) is 6.92. The molecule has 4 heteroatoms. The van der Waals surface area contributed by atoms with E-state index in [0.29, 0.717) is 24.6 Å². The maximum absolute atomic E-state index is 13.4. The van der Waals surface area contributed by atoms with E-state index in [1.54, 1.807) is 12.1 Å². The highest BCUT2D eigenvalue weighted by atomic mass is 79.9. The van der Waals surface area contributed by atoms with Gasteiger partial charge in [0.1, 0.15) is 5.82 Å². The quantitative estimate of drug-likeness (QED) is 0.780. The van der Waals surface area contributed by atoms with E-state index in [4.69, 9.17) is 4.74 Å². The zero-order chi connectivity index (χ0) is 12.7. The molecule has 0 bridgehead atoms. The molecule has 1 rings (SSSR count). The largest absolute Gasteiger partial charge is 0.380 e. The number of ether oxygens (including phenoxy) is 1. The molecule has 1 aromatic carbocycles. The van der Waals surface area contributed by atoms with Gasteiger partial charge in [-0.25, -0.2) is 4.39 Å². The number of hydrogen-bond acceptors (Lipinski definition) is 2. The van der Waals surface area contributed by atoms with Gasteiger partial charge in [0.2, 0.25) is 0 Å². The van der Waals surface area contributed by atoms with Crippen LogP contribution in [0.15, 0.2) is 22.7 Å². The van der Waals surface area contributed by atoms with Crippen molar-refractivity contribution in [3.05, 3.63) is 34.1 Å². The zero-order valence-electron chi connectivity index (χ0n) is 10.3. The lowest BCUT2D eigenvalue weighted by Gasteiger charge is -2.08. The molecule has 0 spiro atoms. The summed E-state index contributed by atoms with van der Waals surface area (Å²) in [5, 5.41) is 3.16. The Morgan fingerprint density at radius 2 is 2.18 bits per heavy atom. The normalized spacial score (nSPS) is 11.1. The third kappa shape index (κ3) is 6.15. The van der Waals surface area contributed by atoms with Crippen molar-refractivity contribution < 1.29 is 9.13 Å². The monoisotopic (exact) mass is 303 g/mol. The van der Waals surface area contributed by atoms with Crippen LogP contribution in [0, 0.1) is 11.7 Å². The molecule has 0 heterocycles. The molecule has 0 aliphatic heterocycles. The third-order valence-electron chi connectivity index (χ3n) is 2.20. The lowest BCUT2D eigenvalue weighted by molar-refractivity contribution is 0.111. The Labute approximate surface area is 111 Å². The van der Waals surface area contributed by atoms with E-state index in [2.05, 4.69) is 35.1 Å². The maximum Gasteiger partial charge on any atom is 0.127 e. The summed E-state index contributed by atoms with van der Waals surface area (Å²) < 4.78 is 19.7. The number of benzene rings is 1. The van der Waals surface area contributed by atoms with Crippen LogP contribution in [0.4, 0.5) is 4.39 Å². The first-order chi connectivity index (χ1) is 8.09. The first kappa shape index (κ1) is 14.6. The molecule has 0 aliphatic rings. The van der Waals surface area contributed by atoms with Gasteiger partial charge in [-0.3, -0.25) is 0 Å². The van der Waals surface area contributed by atoms with Crippen molar-refractivity contribution in [2.75, 3.05) is 19.8 Å². The van der Waals surface area contributed by atoms with Crippen molar-refractivity contribution in [3.8, 4) is 0 Å². The van der Waals surface area contributed by atoms with E-state index in [9.17, 15) is 4.39 Å². The van der Waals surface area contributed by atoms with Crippen LogP contribution in [0.5, 0.6) is 0 Å². The molecule has 0 unspecified atom stereocenters. The van der Waals surface area contributed by atoms with E-state index in [0.717, 1.165) is 17.6 Å². The van der Waals surface area contributed by atoms with Gasteiger partial charge in [0.25, 0.3) is 0 Å². The molecule has 96 valence electrons. The minimum atomic E-state index is -0.177. The Morgan fingerprint density at radius 3 is 2.88 bits per heavy atom. The SMILES string of the molecule is CC(C)COCCNCc1cc(Br)ccc1F. The smallest absolute Gasteiger partial charge is 0.127 e. The minimum absolute atomic E-state index is 0.177. The molecule has 1 N–H and O–H groups in total. The van der Waals surface area contributed by atoms with E-state index in [-0.39, 0.29) is 5.82 Å². The van der Waals surface area contributed by atoms with Gasteiger partial charge in [0, 0.05) is 29.7 Å². The fraction of sp³-hybridized carbons (Fsp3) is 0.538. The second-order valence-corrected chi connectivity index (χ2v) is 5.30. The Morgan fingerprint density at radius 1 is 1.41 bits per heavy atom. The van der Waals surface area contributed by atoms with Crippen LogP contribution in [-0.2, 0) is 11.3 Å². The molecule has 0 aliphatic carbocycles. The first-order valence-corrected chi connectivity index (χ1v) is 6.61. The van der Waals surface area contributed by atoms with E-state index < -0.39 is 0 Å². The number of nitrogens with one attached hydrogen (secondary N) is 1. The minimum Gasteiger partial charge on any atom is -0.380 e. The highest BCUT2D eigenvalue weighted by molar-refractivity contribution is 9.10. The molecule has 0 fully saturated rings. The van der Waals surface area contributed by atoms with Crippen molar-refractivity contribution in [1.29, 1.82) is 0 Å². The van der Waals surface area contributed by atoms with Gasteiger partial charge in [-0.1, -0.05) is 29.8 Å². The van der Waals surface area contributed by atoms with E-state index in [1.165, 1.54) is 6.07 Å². The Kier molecular flexibility index (Phi) is 6.70. The van der Waals surface area contributed by atoms with Crippen LogP contribution in [0.2, 0.25) is 0 Å².